The van der Waals surface area contributed by atoms with Crippen molar-refractivity contribution >= 4 is 35.4 Å². The molecule has 11 nitrogen and oxygen atoms in total. The van der Waals surface area contributed by atoms with Crippen LogP contribution in [-0.4, -0.2) is 76.8 Å². The highest BCUT2D eigenvalue weighted by molar-refractivity contribution is 6.30. The molecule has 2 aliphatic carbocycles. The Hall–Kier alpha value is -2.96. The Morgan fingerprint density at radius 2 is 1.80 bits per heavy atom. The summed E-state index contributed by atoms with van der Waals surface area (Å²) in [6.45, 7) is 4.63. The van der Waals surface area contributed by atoms with Gasteiger partial charge in [-0.15, -0.1) is 0 Å². The number of hydrogen-bond donors (Lipinski definition) is 2. The van der Waals surface area contributed by atoms with E-state index in [0.29, 0.717) is 24.3 Å². The second kappa shape index (κ2) is 12.3. The highest BCUT2D eigenvalue weighted by Gasteiger charge is 2.45. The molecule has 0 radical (unpaired) electrons. The van der Waals surface area contributed by atoms with E-state index in [1.54, 1.807) is 20.8 Å². The zero-order valence-electron chi connectivity index (χ0n) is 22.9. The lowest BCUT2D eigenvalue weighted by molar-refractivity contribution is -0.157. The molecule has 0 unspecified atom stereocenters. The van der Waals surface area contributed by atoms with Gasteiger partial charge in [0.05, 0.1) is 17.2 Å². The van der Waals surface area contributed by atoms with Crippen molar-refractivity contribution in [2.75, 3.05) is 13.2 Å². The van der Waals surface area contributed by atoms with Crippen molar-refractivity contribution in [3.05, 3.63) is 29.0 Å². The van der Waals surface area contributed by atoms with Gasteiger partial charge in [0.2, 0.25) is 5.91 Å². The van der Waals surface area contributed by atoms with E-state index in [0.717, 1.165) is 18.9 Å². The van der Waals surface area contributed by atoms with Crippen molar-refractivity contribution in [1.82, 2.24) is 15.2 Å². The van der Waals surface area contributed by atoms with Crippen LogP contribution in [0, 0.1) is 11.7 Å². The fourth-order valence-electron chi connectivity index (χ4n) is 4.67. The minimum Gasteiger partial charge on any atom is -0.484 e. The molecule has 0 aromatic heterocycles. The molecule has 3 aliphatic rings. The van der Waals surface area contributed by atoms with Gasteiger partial charge in [0.1, 0.15) is 23.2 Å². The molecule has 13 heteroatoms. The fraction of sp³-hybridized carbons (Fsp3) is 0.630. The number of nitrogens with one attached hydrogen (secondary N) is 1. The number of hydrazine groups is 1. The Balaban J connectivity index is 1.35. The van der Waals surface area contributed by atoms with Gasteiger partial charge in [0, 0.05) is 24.6 Å². The largest absolute Gasteiger partial charge is 0.484 e. The van der Waals surface area contributed by atoms with Crippen LogP contribution in [0.3, 0.4) is 0 Å². The monoisotopic (exact) mass is 582 g/mol. The van der Waals surface area contributed by atoms with Crippen LogP contribution >= 0.6 is 11.6 Å². The Morgan fingerprint density at radius 1 is 1.10 bits per heavy atom. The number of ether oxygens (including phenoxy) is 3. The Bertz CT molecular complexity index is 1140. The summed E-state index contributed by atoms with van der Waals surface area (Å²) in [4.78, 5) is 53.0. The summed E-state index contributed by atoms with van der Waals surface area (Å²) in [6, 6.07) is 2.26. The number of halogens is 2. The molecule has 3 N–H and O–H groups in total. The summed E-state index contributed by atoms with van der Waals surface area (Å²) < 4.78 is 30.3. The van der Waals surface area contributed by atoms with E-state index < -0.39 is 59.8 Å². The maximum absolute atomic E-state index is 13.6. The molecule has 1 aromatic rings. The van der Waals surface area contributed by atoms with Crippen LogP contribution in [-0.2, 0) is 23.9 Å². The van der Waals surface area contributed by atoms with Gasteiger partial charge in [0.15, 0.2) is 6.61 Å². The molecule has 0 bridgehead atoms. The number of hydrogen-bond acceptors (Lipinski definition) is 8. The maximum Gasteiger partial charge on any atom is 0.411 e. The summed E-state index contributed by atoms with van der Waals surface area (Å²) in [5.74, 6) is 3.31. The summed E-state index contributed by atoms with van der Waals surface area (Å²) in [7, 11) is 0. The Kier molecular flexibility index (Phi) is 9.21. The molecular weight excluding hydrogens is 547 g/mol. The summed E-state index contributed by atoms with van der Waals surface area (Å²) in [5, 5.41) is 3.31. The molecule has 1 aromatic carbocycles. The standard InChI is InChI=1S/C27H36ClFN4O7/c1-27(2,3)40-26(37)32-13-16(31-23(34)14-38-18-7-8-20(28)21(29)12-18)4-9-22(32)25(36)33(30)24(35)15-10-19(11-15)39-17-5-6-17/h7-8,12,15-17,19,22H,4-6,9-11,13-14,30H2,1-3H3,(H,31,34)/t15?,16-,19?,22+/m0/s1. The first-order chi connectivity index (χ1) is 18.8. The smallest absolute Gasteiger partial charge is 0.411 e. The Morgan fingerprint density at radius 3 is 2.42 bits per heavy atom. The number of likely N-dealkylation sites (tertiary alicyclic amines) is 1. The summed E-state index contributed by atoms with van der Waals surface area (Å²) in [5.41, 5.74) is -0.844. The van der Waals surface area contributed by atoms with Crippen molar-refractivity contribution in [3.63, 3.8) is 0 Å². The van der Waals surface area contributed by atoms with Crippen LogP contribution in [0.1, 0.15) is 59.3 Å². The van der Waals surface area contributed by atoms with Crippen molar-refractivity contribution in [3.8, 4) is 5.75 Å². The number of carbonyl (C=O) groups excluding carboxylic acids is 4. The lowest BCUT2D eigenvalue weighted by Crippen LogP contribution is -2.62. The number of carbonyl (C=O) groups is 4. The van der Waals surface area contributed by atoms with Crippen LogP contribution in [0.5, 0.6) is 5.75 Å². The fourth-order valence-corrected chi connectivity index (χ4v) is 4.79. The SMILES string of the molecule is CC(C)(C)OC(=O)N1C[C@@H](NC(=O)COc2ccc(Cl)c(F)c2)CC[C@@H]1C(=O)N(N)C(=O)C1CC(OC2CC2)C1. The third-order valence-electron chi connectivity index (χ3n) is 6.95. The normalized spacial score (nSPS) is 24.5. The van der Waals surface area contributed by atoms with E-state index in [2.05, 4.69) is 5.32 Å². The van der Waals surface area contributed by atoms with Gasteiger partial charge >= 0.3 is 6.09 Å². The number of imide groups is 1. The number of rotatable bonds is 8. The Labute approximate surface area is 237 Å². The third kappa shape index (κ3) is 7.82. The molecule has 2 atom stereocenters. The van der Waals surface area contributed by atoms with Gasteiger partial charge in [-0.05, 0) is 71.4 Å². The van der Waals surface area contributed by atoms with E-state index >= 15 is 0 Å². The molecule has 220 valence electrons. The molecule has 4 amide bonds. The molecule has 3 fully saturated rings. The lowest BCUT2D eigenvalue weighted by atomic mass is 9.81. The quantitative estimate of drug-likeness (QED) is 0.206. The molecule has 40 heavy (non-hydrogen) atoms. The average Bonchev–Trinajstić information content (AvgIpc) is 3.68. The number of benzene rings is 1. The van der Waals surface area contributed by atoms with Crippen LogP contribution in [0.4, 0.5) is 9.18 Å². The first-order valence-corrected chi connectivity index (χ1v) is 13.8. The predicted octanol–water partition coefficient (Wildman–Crippen LogP) is 2.93. The van der Waals surface area contributed by atoms with Crippen molar-refractivity contribution in [2.45, 2.75) is 89.2 Å². The number of nitrogens with zero attached hydrogens (tertiary/aromatic N) is 2. The van der Waals surface area contributed by atoms with E-state index in [1.165, 1.54) is 17.0 Å². The maximum atomic E-state index is 13.6. The van der Waals surface area contributed by atoms with Crippen LogP contribution in [0.15, 0.2) is 18.2 Å². The lowest BCUT2D eigenvalue weighted by Gasteiger charge is -2.41. The highest BCUT2D eigenvalue weighted by atomic mass is 35.5. The predicted molar refractivity (Wildman–Crippen MR) is 141 cm³/mol. The zero-order valence-corrected chi connectivity index (χ0v) is 23.6. The second-order valence-electron chi connectivity index (χ2n) is 11.5. The molecule has 1 aliphatic heterocycles. The zero-order chi connectivity index (χ0) is 29.2. The van der Waals surface area contributed by atoms with Crippen molar-refractivity contribution in [2.24, 2.45) is 11.8 Å². The molecular formula is C27H36ClFN4O7. The average molecular weight is 583 g/mol. The van der Waals surface area contributed by atoms with E-state index in [-0.39, 0.29) is 35.9 Å². The molecule has 1 saturated heterocycles. The van der Waals surface area contributed by atoms with Gasteiger partial charge in [-0.1, -0.05) is 11.6 Å². The third-order valence-corrected chi connectivity index (χ3v) is 7.26. The van der Waals surface area contributed by atoms with Gasteiger partial charge in [-0.2, -0.15) is 0 Å². The molecule has 4 rings (SSSR count). The van der Waals surface area contributed by atoms with Gasteiger partial charge in [-0.3, -0.25) is 19.3 Å². The first-order valence-electron chi connectivity index (χ1n) is 13.5. The van der Waals surface area contributed by atoms with Crippen LogP contribution in [0.25, 0.3) is 0 Å². The first kappa shape index (κ1) is 30.0. The highest BCUT2D eigenvalue weighted by Crippen LogP contribution is 2.37. The van der Waals surface area contributed by atoms with E-state index in [1.807, 2.05) is 0 Å². The topological polar surface area (TPSA) is 140 Å². The molecule has 2 saturated carbocycles. The van der Waals surface area contributed by atoms with Crippen LogP contribution in [0.2, 0.25) is 5.02 Å². The summed E-state index contributed by atoms with van der Waals surface area (Å²) in [6.07, 6.45) is 3.09. The van der Waals surface area contributed by atoms with Crippen molar-refractivity contribution in [1.29, 1.82) is 0 Å². The number of nitrogens with two attached hydrogens (primary N) is 1. The number of amides is 4. The van der Waals surface area contributed by atoms with Gasteiger partial charge < -0.3 is 19.5 Å². The van der Waals surface area contributed by atoms with E-state index in [9.17, 15) is 23.6 Å². The van der Waals surface area contributed by atoms with Crippen molar-refractivity contribution < 1.29 is 37.8 Å². The summed E-state index contributed by atoms with van der Waals surface area (Å²) >= 11 is 5.66. The van der Waals surface area contributed by atoms with E-state index in [4.69, 9.17) is 31.7 Å². The van der Waals surface area contributed by atoms with Crippen LogP contribution < -0.4 is 15.9 Å². The molecule has 0 spiro atoms. The van der Waals surface area contributed by atoms with Gasteiger partial charge in [-0.25, -0.2) is 20.0 Å². The van der Waals surface area contributed by atoms with Gasteiger partial charge in [0.25, 0.3) is 11.8 Å². The number of piperidine rings is 1. The molecule has 1 heterocycles. The minimum atomic E-state index is -1.04. The second-order valence-corrected chi connectivity index (χ2v) is 11.9. The minimum absolute atomic E-state index is 0.00459.